The Morgan fingerprint density at radius 2 is 1.96 bits per heavy atom. The molecule has 27 heavy (non-hydrogen) atoms. The van der Waals surface area contributed by atoms with Gasteiger partial charge in [0.1, 0.15) is 12.4 Å². The summed E-state index contributed by atoms with van der Waals surface area (Å²) < 4.78 is 2.13. The van der Waals surface area contributed by atoms with Crippen LogP contribution in [0.25, 0.3) is 11.0 Å². The van der Waals surface area contributed by atoms with Gasteiger partial charge in [0.2, 0.25) is 0 Å². The minimum atomic E-state index is 0. The Balaban J connectivity index is 0.00000261. The molecular weight excluding hydrogens is 451 g/mol. The Bertz CT molecular complexity index is 746. The lowest BCUT2D eigenvalue weighted by Gasteiger charge is -2.35. The Kier molecular flexibility index (Phi) is 8.34. The number of fused-ring (bicyclic) bond motifs is 1. The van der Waals surface area contributed by atoms with E-state index in [4.69, 9.17) is 9.98 Å². The number of aromatic nitrogens is 2. The Morgan fingerprint density at radius 3 is 2.59 bits per heavy atom. The zero-order valence-corrected chi connectivity index (χ0v) is 19.2. The Morgan fingerprint density at radius 1 is 1.26 bits per heavy atom. The first-order valence-electron chi connectivity index (χ1n) is 9.77. The van der Waals surface area contributed by atoms with Crippen molar-refractivity contribution in [1.82, 2.24) is 25.1 Å². The highest BCUT2D eigenvalue weighted by Gasteiger charge is 2.21. The van der Waals surface area contributed by atoms with E-state index < -0.39 is 0 Å². The van der Waals surface area contributed by atoms with E-state index in [-0.39, 0.29) is 24.0 Å². The van der Waals surface area contributed by atoms with E-state index in [1.807, 2.05) is 12.1 Å². The number of rotatable bonds is 5. The normalized spacial score (nSPS) is 16.6. The summed E-state index contributed by atoms with van der Waals surface area (Å²) in [6.45, 7) is 10.4. The van der Waals surface area contributed by atoms with Crippen molar-refractivity contribution in [1.29, 1.82) is 0 Å². The number of hydrogen-bond acceptors (Lipinski definition) is 3. The third-order valence-corrected chi connectivity index (χ3v) is 5.20. The molecule has 3 rings (SSSR count). The van der Waals surface area contributed by atoms with Gasteiger partial charge in [-0.1, -0.05) is 12.1 Å². The van der Waals surface area contributed by atoms with Gasteiger partial charge in [0.05, 0.1) is 11.0 Å². The number of para-hydroxylation sites is 2. The summed E-state index contributed by atoms with van der Waals surface area (Å²) in [5.74, 6) is 1.88. The second-order valence-electron chi connectivity index (χ2n) is 7.32. The first-order chi connectivity index (χ1) is 12.6. The smallest absolute Gasteiger partial charge is 0.191 e. The molecule has 1 aliphatic heterocycles. The number of imidazole rings is 1. The van der Waals surface area contributed by atoms with Gasteiger partial charge < -0.3 is 20.1 Å². The number of halogens is 1. The molecule has 0 atom stereocenters. The average Bonchev–Trinajstić information content (AvgIpc) is 2.96. The maximum atomic E-state index is 4.79. The predicted molar refractivity (Wildman–Crippen MR) is 124 cm³/mol. The number of hydrogen-bond donors (Lipinski definition) is 2. The second kappa shape index (κ2) is 10.3. The van der Waals surface area contributed by atoms with Crippen molar-refractivity contribution in [2.75, 3.05) is 19.6 Å². The van der Waals surface area contributed by atoms with Gasteiger partial charge in [-0.25, -0.2) is 9.98 Å². The van der Waals surface area contributed by atoms with Crippen molar-refractivity contribution in [2.45, 2.75) is 52.2 Å². The van der Waals surface area contributed by atoms with Crippen LogP contribution in [-0.2, 0) is 13.6 Å². The van der Waals surface area contributed by atoms with E-state index in [1.165, 1.54) is 0 Å². The predicted octanol–water partition coefficient (Wildman–Crippen LogP) is 3.12. The monoisotopic (exact) mass is 484 g/mol. The Labute approximate surface area is 179 Å². The lowest BCUT2D eigenvalue weighted by molar-refractivity contribution is 0.167. The minimum absolute atomic E-state index is 0. The molecule has 0 saturated carbocycles. The number of benzene rings is 1. The van der Waals surface area contributed by atoms with Crippen molar-refractivity contribution >= 4 is 41.0 Å². The number of piperidine rings is 1. The fourth-order valence-corrected chi connectivity index (χ4v) is 3.56. The van der Waals surface area contributed by atoms with Gasteiger partial charge >= 0.3 is 0 Å². The molecule has 1 aliphatic rings. The number of likely N-dealkylation sites (tertiary alicyclic amines) is 1. The number of aliphatic imine (C=N–C) groups is 1. The first-order valence-corrected chi connectivity index (χ1v) is 9.77. The Hall–Kier alpha value is -1.35. The van der Waals surface area contributed by atoms with Crippen molar-refractivity contribution in [2.24, 2.45) is 12.0 Å². The van der Waals surface area contributed by atoms with Gasteiger partial charge in [-0.2, -0.15) is 0 Å². The molecule has 1 saturated heterocycles. The lowest BCUT2D eigenvalue weighted by Crippen LogP contribution is -2.49. The standard InChI is InChI=1S/C20H32N6.HI/c1-5-21-20(23-16-10-12-26(13-11-16)15(2)3)22-14-19-24-17-8-6-7-9-18(17)25(19)4;/h6-9,15-16H,5,10-14H2,1-4H3,(H2,21,22,23);1H. The van der Waals surface area contributed by atoms with Crippen LogP contribution in [0.2, 0.25) is 0 Å². The molecular formula is C20H33IN6. The van der Waals surface area contributed by atoms with Crippen LogP contribution in [-0.4, -0.2) is 52.1 Å². The van der Waals surface area contributed by atoms with Gasteiger partial charge in [0, 0.05) is 38.8 Å². The van der Waals surface area contributed by atoms with Crippen LogP contribution >= 0.6 is 24.0 Å². The minimum Gasteiger partial charge on any atom is -0.357 e. The SMILES string of the molecule is CCNC(=NCc1nc2ccccc2n1C)NC1CCN(C(C)C)CC1.I. The van der Waals surface area contributed by atoms with Crippen LogP contribution in [0.4, 0.5) is 0 Å². The molecule has 0 aliphatic carbocycles. The summed E-state index contributed by atoms with van der Waals surface area (Å²) in [7, 11) is 2.06. The molecule has 0 radical (unpaired) electrons. The fraction of sp³-hybridized carbons (Fsp3) is 0.600. The maximum absolute atomic E-state index is 4.79. The van der Waals surface area contributed by atoms with Gasteiger partial charge in [0.25, 0.3) is 0 Å². The summed E-state index contributed by atoms with van der Waals surface area (Å²) >= 11 is 0. The zero-order valence-electron chi connectivity index (χ0n) is 16.9. The summed E-state index contributed by atoms with van der Waals surface area (Å²) in [4.78, 5) is 12.0. The molecule has 2 aromatic rings. The topological polar surface area (TPSA) is 57.5 Å². The van der Waals surface area contributed by atoms with E-state index in [2.05, 4.69) is 60.1 Å². The highest BCUT2D eigenvalue weighted by Crippen LogP contribution is 2.15. The third kappa shape index (κ3) is 5.57. The number of nitrogens with one attached hydrogen (secondary N) is 2. The van der Waals surface area contributed by atoms with Crippen molar-refractivity contribution in [3.8, 4) is 0 Å². The third-order valence-electron chi connectivity index (χ3n) is 5.20. The molecule has 6 nitrogen and oxygen atoms in total. The molecule has 0 spiro atoms. The van der Waals surface area contributed by atoms with Crippen LogP contribution < -0.4 is 10.6 Å². The largest absolute Gasteiger partial charge is 0.357 e. The van der Waals surface area contributed by atoms with Crippen molar-refractivity contribution in [3.05, 3.63) is 30.1 Å². The maximum Gasteiger partial charge on any atom is 0.191 e. The summed E-state index contributed by atoms with van der Waals surface area (Å²) in [5, 5.41) is 6.99. The fourth-order valence-electron chi connectivity index (χ4n) is 3.56. The second-order valence-corrected chi connectivity index (χ2v) is 7.32. The molecule has 150 valence electrons. The highest BCUT2D eigenvalue weighted by molar-refractivity contribution is 14.0. The van der Waals surface area contributed by atoms with E-state index in [9.17, 15) is 0 Å². The summed E-state index contributed by atoms with van der Waals surface area (Å²) in [6.07, 6.45) is 2.32. The van der Waals surface area contributed by atoms with Crippen molar-refractivity contribution in [3.63, 3.8) is 0 Å². The van der Waals surface area contributed by atoms with Crippen LogP contribution in [0.15, 0.2) is 29.3 Å². The molecule has 0 amide bonds. The zero-order chi connectivity index (χ0) is 18.5. The molecule has 1 aromatic heterocycles. The average molecular weight is 484 g/mol. The van der Waals surface area contributed by atoms with Crippen LogP contribution in [0.5, 0.6) is 0 Å². The van der Waals surface area contributed by atoms with Gasteiger partial charge in [-0.15, -0.1) is 24.0 Å². The molecule has 0 bridgehead atoms. The van der Waals surface area contributed by atoms with Gasteiger partial charge in [0.15, 0.2) is 5.96 Å². The van der Waals surface area contributed by atoms with Gasteiger partial charge in [-0.05, 0) is 45.7 Å². The van der Waals surface area contributed by atoms with E-state index >= 15 is 0 Å². The van der Waals surface area contributed by atoms with Crippen LogP contribution in [0, 0.1) is 0 Å². The van der Waals surface area contributed by atoms with Crippen molar-refractivity contribution < 1.29 is 0 Å². The molecule has 0 unspecified atom stereocenters. The van der Waals surface area contributed by atoms with Gasteiger partial charge in [-0.3, -0.25) is 0 Å². The van der Waals surface area contributed by atoms with E-state index in [0.717, 1.165) is 55.3 Å². The highest BCUT2D eigenvalue weighted by atomic mass is 127. The van der Waals surface area contributed by atoms with Crippen LogP contribution in [0.3, 0.4) is 0 Å². The number of aryl methyl sites for hydroxylation is 1. The molecule has 1 aromatic carbocycles. The summed E-state index contributed by atoms with van der Waals surface area (Å²) in [5.41, 5.74) is 2.18. The van der Waals surface area contributed by atoms with Crippen LogP contribution in [0.1, 0.15) is 39.4 Å². The lowest BCUT2D eigenvalue weighted by atomic mass is 10.0. The quantitative estimate of drug-likeness (QED) is 0.389. The summed E-state index contributed by atoms with van der Waals surface area (Å²) in [6, 6.07) is 9.35. The first kappa shape index (κ1) is 21.9. The number of nitrogens with zero attached hydrogens (tertiary/aromatic N) is 4. The molecule has 7 heteroatoms. The van der Waals surface area contributed by atoms with E-state index in [1.54, 1.807) is 0 Å². The molecule has 2 heterocycles. The number of guanidine groups is 1. The molecule has 2 N–H and O–H groups in total. The van der Waals surface area contributed by atoms with E-state index in [0.29, 0.717) is 18.6 Å². The molecule has 1 fully saturated rings.